The van der Waals surface area contributed by atoms with Gasteiger partial charge in [0.25, 0.3) is 0 Å². The topological polar surface area (TPSA) is 89.7 Å². The van der Waals surface area contributed by atoms with E-state index in [4.69, 9.17) is 9.15 Å². The molecule has 1 aliphatic rings. The van der Waals surface area contributed by atoms with Crippen LogP contribution in [0.5, 0.6) is 0 Å². The molecule has 1 aliphatic heterocycles. The molecule has 1 amide bonds. The number of Topliss-reactive ketones (excluding diaryl/α,β-unsaturated/α-hetero) is 1. The average molecular weight is 390 g/mol. The zero-order chi connectivity index (χ0) is 20.2. The third kappa shape index (κ3) is 4.24. The van der Waals surface area contributed by atoms with Crippen molar-refractivity contribution in [3.05, 3.63) is 66.1 Å². The second-order valence-corrected chi connectivity index (χ2v) is 6.58. The Morgan fingerprint density at radius 2 is 2.03 bits per heavy atom. The highest BCUT2D eigenvalue weighted by Gasteiger charge is 2.22. The normalized spacial score (nSPS) is 14.1. The molecule has 3 aromatic rings. The molecule has 0 radical (unpaired) electrons. The van der Waals surface area contributed by atoms with E-state index in [9.17, 15) is 14.4 Å². The van der Waals surface area contributed by atoms with Gasteiger partial charge in [0, 0.05) is 36.4 Å². The lowest BCUT2D eigenvalue weighted by atomic mass is 10.1. The minimum Gasteiger partial charge on any atom is -0.454 e. The van der Waals surface area contributed by atoms with Gasteiger partial charge in [0.15, 0.2) is 18.0 Å². The van der Waals surface area contributed by atoms with Crippen molar-refractivity contribution in [3.8, 4) is 0 Å². The van der Waals surface area contributed by atoms with Crippen LogP contribution in [0.15, 0.2) is 59.0 Å². The van der Waals surface area contributed by atoms with Gasteiger partial charge in [-0.05, 0) is 30.7 Å². The lowest BCUT2D eigenvalue weighted by Gasteiger charge is -2.16. The van der Waals surface area contributed by atoms with E-state index >= 15 is 0 Å². The van der Waals surface area contributed by atoms with Crippen molar-refractivity contribution in [1.82, 2.24) is 4.98 Å². The lowest BCUT2D eigenvalue weighted by Crippen LogP contribution is -2.24. The summed E-state index contributed by atoms with van der Waals surface area (Å²) in [6.07, 6.45) is 3.88. The van der Waals surface area contributed by atoms with Crippen molar-refractivity contribution >= 4 is 40.5 Å². The summed E-state index contributed by atoms with van der Waals surface area (Å²) in [5, 5.41) is 0. The molecule has 7 heteroatoms. The Kier molecular flexibility index (Phi) is 5.20. The summed E-state index contributed by atoms with van der Waals surface area (Å²) >= 11 is 0. The van der Waals surface area contributed by atoms with Crippen molar-refractivity contribution < 1.29 is 23.5 Å². The first kappa shape index (κ1) is 18.6. The number of hydrogen-bond acceptors (Lipinski definition) is 6. The lowest BCUT2D eigenvalue weighted by molar-refractivity contribution is -0.136. The largest absolute Gasteiger partial charge is 0.454 e. The van der Waals surface area contributed by atoms with Crippen LogP contribution >= 0.6 is 0 Å². The van der Waals surface area contributed by atoms with E-state index in [2.05, 4.69) is 4.98 Å². The molecule has 1 aromatic heterocycles. The van der Waals surface area contributed by atoms with E-state index in [0.29, 0.717) is 35.3 Å². The van der Waals surface area contributed by atoms with Crippen LogP contribution in [0, 0.1) is 0 Å². The van der Waals surface area contributed by atoms with Gasteiger partial charge in [-0.15, -0.1) is 0 Å². The van der Waals surface area contributed by atoms with Gasteiger partial charge < -0.3 is 14.1 Å². The number of hydrogen-bond donors (Lipinski definition) is 0. The number of carbonyl (C=O) groups is 3. The van der Waals surface area contributed by atoms with Crippen molar-refractivity contribution in [2.75, 3.05) is 18.1 Å². The number of para-hydroxylation sites is 2. The summed E-state index contributed by atoms with van der Waals surface area (Å²) in [6.45, 7) is 0.250. The van der Waals surface area contributed by atoms with Crippen LogP contribution in [0.25, 0.3) is 17.2 Å². The predicted molar refractivity (Wildman–Crippen MR) is 106 cm³/mol. The fourth-order valence-electron chi connectivity index (χ4n) is 3.14. The summed E-state index contributed by atoms with van der Waals surface area (Å²) in [4.78, 5) is 42.0. The molecule has 7 nitrogen and oxygen atoms in total. The number of ether oxygens (including phenoxy) is 1. The Hall–Kier alpha value is -3.74. The van der Waals surface area contributed by atoms with E-state index in [1.807, 2.05) is 12.1 Å². The molecule has 0 bridgehead atoms. The van der Waals surface area contributed by atoms with Gasteiger partial charge >= 0.3 is 5.97 Å². The minimum atomic E-state index is -0.675. The number of oxazole rings is 1. The zero-order valence-corrected chi connectivity index (χ0v) is 15.5. The smallest absolute Gasteiger partial charge is 0.331 e. The first-order valence-corrected chi connectivity index (χ1v) is 9.24. The van der Waals surface area contributed by atoms with Gasteiger partial charge in [0.05, 0.1) is 0 Å². The number of ketones is 1. The Balaban J connectivity index is 1.35. The molecule has 2 heterocycles. The van der Waals surface area contributed by atoms with Crippen molar-refractivity contribution in [2.45, 2.75) is 12.8 Å². The van der Waals surface area contributed by atoms with Gasteiger partial charge in [-0.3, -0.25) is 9.59 Å². The van der Waals surface area contributed by atoms with Gasteiger partial charge in [-0.2, -0.15) is 0 Å². The molecule has 2 aromatic carbocycles. The predicted octanol–water partition coefficient (Wildman–Crippen LogP) is 3.39. The van der Waals surface area contributed by atoms with Crippen LogP contribution in [-0.2, 0) is 14.3 Å². The highest BCUT2D eigenvalue weighted by atomic mass is 16.5. The second kappa shape index (κ2) is 8.10. The van der Waals surface area contributed by atoms with E-state index in [-0.39, 0.29) is 17.6 Å². The van der Waals surface area contributed by atoms with Crippen molar-refractivity contribution in [2.24, 2.45) is 0 Å². The zero-order valence-electron chi connectivity index (χ0n) is 15.5. The molecule has 1 fully saturated rings. The number of fused-ring (bicyclic) bond motifs is 1. The Bertz CT molecular complexity index is 1080. The van der Waals surface area contributed by atoms with Crippen LogP contribution in [0.3, 0.4) is 0 Å². The molecule has 146 valence electrons. The van der Waals surface area contributed by atoms with E-state index in [1.165, 1.54) is 6.08 Å². The van der Waals surface area contributed by atoms with Crippen LogP contribution in [0.4, 0.5) is 5.69 Å². The third-order valence-corrected chi connectivity index (χ3v) is 4.57. The maximum absolute atomic E-state index is 12.4. The van der Waals surface area contributed by atoms with Crippen molar-refractivity contribution in [1.29, 1.82) is 0 Å². The molecule has 4 rings (SSSR count). The Morgan fingerprint density at radius 1 is 1.17 bits per heavy atom. The van der Waals surface area contributed by atoms with Gasteiger partial charge in [0.1, 0.15) is 5.52 Å². The SMILES string of the molecule is O=C(/C=C/c1nc2ccccc2o1)OCC(=O)c1cccc(N2CCCC2=O)c1. The number of amides is 1. The highest BCUT2D eigenvalue weighted by Crippen LogP contribution is 2.22. The summed E-state index contributed by atoms with van der Waals surface area (Å²) in [6, 6.07) is 14.0. The first-order chi connectivity index (χ1) is 14.1. The molecule has 0 saturated carbocycles. The van der Waals surface area contributed by atoms with Crippen LogP contribution in [-0.4, -0.2) is 35.8 Å². The summed E-state index contributed by atoms with van der Waals surface area (Å²) in [5.74, 6) is -0.698. The first-order valence-electron chi connectivity index (χ1n) is 9.24. The highest BCUT2D eigenvalue weighted by molar-refractivity contribution is 6.01. The molecular weight excluding hydrogens is 372 g/mol. The molecule has 0 atom stereocenters. The number of benzene rings is 2. The van der Waals surface area contributed by atoms with Crippen LogP contribution in [0.2, 0.25) is 0 Å². The Labute approximate surface area is 166 Å². The molecule has 0 spiro atoms. The van der Waals surface area contributed by atoms with E-state index in [1.54, 1.807) is 41.3 Å². The van der Waals surface area contributed by atoms with Crippen LogP contribution in [0.1, 0.15) is 29.1 Å². The number of rotatable bonds is 6. The number of aromatic nitrogens is 1. The monoisotopic (exact) mass is 390 g/mol. The van der Waals surface area contributed by atoms with E-state index < -0.39 is 12.6 Å². The third-order valence-electron chi connectivity index (χ3n) is 4.57. The quantitative estimate of drug-likeness (QED) is 0.364. The molecule has 0 unspecified atom stereocenters. The fraction of sp³-hybridized carbons (Fsp3) is 0.182. The van der Waals surface area contributed by atoms with Gasteiger partial charge in [0.2, 0.25) is 11.8 Å². The second-order valence-electron chi connectivity index (χ2n) is 6.58. The van der Waals surface area contributed by atoms with Crippen molar-refractivity contribution in [3.63, 3.8) is 0 Å². The maximum Gasteiger partial charge on any atom is 0.331 e. The summed E-state index contributed by atoms with van der Waals surface area (Å²) in [7, 11) is 0. The maximum atomic E-state index is 12.4. The number of nitrogens with zero attached hydrogens (tertiary/aromatic N) is 2. The Morgan fingerprint density at radius 3 is 2.83 bits per heavy atom. The summed E-state index contributed by atoms with van der Waals surface area (Å²) < 4.78 is 10.5. The molecule has 0 aliphatic carbocycles. The number of esters is 1. The molecule has 1 saturated heterocycles. The average Bonchev–Trinajstić information content (AvgIpc) is 3.36. The molecule has 0 N–H and O–H groups in total. The molecule has 29 heavy (non-hydrogen) atoms. The number of carbonyl (C=O) groups excluding carboxylic acids is 3. The minimum absolute atomic E-state index is 0.0466. The van der Waals surface area contributed by atoms with E-state index in [0.717, 1.165) is 12.5 Å². The van der Waals surface area contributed by atoms with Gasteiger partial charge in [-0.25, -0.2) is 9.78 Å². The number of anilines is 1. The van der Waals surface area contributed by atoms with Crippen LogP contribution < -0.4 is 4.90 Å². The van der Waals surface area contributed by atoms with Gasteiger partial charge in [-0.1, -0.05) is 24.3 Å². The summed E-state index contributed by atoms with van der Waals surface area (Å²) in [5.41, 5.74) is 2.37. The fourth-order valence-corrected chi connectivity index (χ4v) is 3.14. The standard InChI is InChI=1S/C22H18N2O5/c25-18(15-5-3-6-16(13-15)24-12-4-9-21(24)26)14-28-22(27)11-10-20-23-17-7-1-2-8-19(17)29-20/h1-3,5-8,10-11,13H,4,9,12,14H2/b11-10+. The molecular formula is C22H18N2O5.